The number of thiophene rings is 1. The summed E-state index contributed by atoms with van der Waals surface area (Å²) in [5, 5.41) is 24.8. The lowest BCUT2D eigenvalue weighted by atomic mass is 10.0. The van der Waals surface area contributed by atoms with E-state index >= 15 is 0 Å². The Morgan fingerprint density at radius 2 is 1.81 bits per heavy atom. The second-order valence-electron chi connectivity index (χ2n) is 6.41. The summed E-state index contributed by atoms with van der Waals surface area (Å²) in [4.78, 5) is 25.5. The van der Waals surface area contributed by atoms with Crippen LogP contribution in [0, 0.1) is 18.6 Å². The Bertz CT molecular complexity index is 1300. The van der Waals surface area contributed by atoms with Crippen molar-refractivity contribution < 1.29 is 23.5 Å². The van der Waals surface area contributed by atoms with Crippen LogP contribution in [-0.4, -0.2) is 37.2 Å². The molecule has 0 saturated heterocycles. The van der Waals surface area contributed by atoms with Gasteiger partial charge in [-0.1, -0.05) is 30.3 Å². The summed E-state index contributed by atoms with van der Waals surface area (Å²) in [6, 6.07) is 11.4. The van der Waals surface area contributed by atoms with Crippen LogP contribution in [0.3, 0.4) is 0 Å². The molecular formula is C20H13F2N5O3S. The minimum atomic E-state index is -1.41. The SMILES string of the molecule is Cc1ccc(-c2csc(NC(=O)c3nnn(-c4ccccc4)n3)c2C(=O)O)c(F)c1F. The number of hydrogen-bond acceptors (Lipinski definition) is 6. The fourth-order valence-corrected chi connectivity index (χ4v) is 3.80. The van der Waals surface area contributed by atoms with Crippen molar-refractivity contribution in [1.82, 2.24) is 20.2 Å². The van der Waals surface area contributed by atoms with Crippen molar-refractivity contribution in [2.45, 2.75) is 6.92 Å². The number of para-hydroxylation sites is 1. The van der Waals surface area contributed by atoms with Gasteiger partial charge in [-0.25, -0.2) is 13.6 Å². The second kappa shape index (κ2) is 8.03. The Kier molecular flexibility index (Phi) is 5.26. The van der Waals surface area contributed by atoms with E-state index in [-0.39, 0.29) is 33.1 Å². The quantitative estimate of drug-likeness (QED) is 0.486. The summed E-state index contributed by atoms with van der Waals surface area (Å²) < 4.78 is 28.4. The molecule has 2 heterocycles. The van der Waals surface area contributed by atoms with Crippen molar-refractivity contribution in [3.8, 4) is 16.8 Å². The zero-order valence-corrected chi connectivity index (χ0v) is 16.7. The Morgan fingerprint density at radius 1 is 1.06 bits per heavy atom. The molecule has 4 aromatic rings. The zero-order chi connectivity index (χ0) is 22.1. The summed E-state index contributed by atoms with van der Waals surface area (Å²) in [5.74, 6) is -4.72. The first-order valence-corrected chi connectivity index (χ1v) is 9.71. The number of aromatic carboxylic acids is 1. The lowest BCUT2D eigenvalue weighted by molar-refractivity contribution is 0.0699. The van der Waals surface area contributed by atoms with Gasteiger partial charge in [-0.2, -0.15) is 0 Å². The van der Waals surface area contributed by atoms with Crippen molar-refractivity contribution in [3.63, 3.8) is 0 Å². The number of anilines is 1. The number of nitrogens with one attached hydrogen (secondary N) is 1. The maximum atomic E-state index is 14.4. The van der Waals surface area contributed by atoms with Crippen molar-refractivity contribution >= 4 is 28.2 Å². The molecule has 4 rings (SSSR count). The van der Waals surface area contributed by atoms with E-state index in [1.165, 1.54) is 24.4 Å². The minimum Gasteiger partial charge on any atom is -0.478 e. The van der Waals surface area contributed by atoms with Crippen LogP contribution in [0.15, 0.2) is 47.8 Å². The minimum absolute atomic E-state index is 0.0508. The number of carboxylic acid groups (broad SMARTS) is 1. The molecule has 2 aromatic carbocycles. The number of rotatable bonds is 5. The highest BCUT2D eigenvalue weighted by atomic mass is 32.1. The van der Waals surface area contributed by atoms with Crippen molar-refractivity contribution in [1.29, 1.82) is 0 Å². The standard InChI is InChI=1S/C20H13F2N5O3S/c1-10-7-8-12(16(22)15(10)21)13-9-31-19(14(13)20(29)30)23-18(28)17-24-26-27(25-17)11-5-3-2-4-6-11/h2-9H,1H3,(H,23,28)(H,29,30). The Balaban J connectivity index is 1.66. The molecule has 0 fully saturated rings. The lowest BCUT2D eigenvalue weighted by Crippen LogP contribution is -2.15. The monoisotopic (exact) mass is 441 g/mol. The molecule has 0 spiro atoms. The van der Waals surface area contributed by atoms with Gasteiger partial charge in [0.2, 0.25) is 0 Å². The Morgan fingerprint density at radius 3 is 2.52 bits per heavy atom. The van der Waals surface area contributed by atoms with Crippen molar-refractivity contribution in [3.05, 3.63) is 76.4 Å². The molecule has 0 unspecified atom stereocenters. The van der Waals surface area contributed by atoms with E-state index in [9.17, 15) is 23.5 Å². The molecule has 31 heavy (non-hydrogen) atoms. The van der Waals surface area contributed by atoms with Gasteiger partial charge in [0, 0.05) is 16.5 Å². The van der Waals surface area contributed by atoms with Gasteiger partial charge in [-0.3, -0.25) is 4.79 Å². The second-order valence-corrected chi connectivity index (χ2v) is 7.29. The number of tetrazole rings is 1. The maximum Gasteiger partial charge on any atom is 0.339 e. The molecule has 2 N–H and O–H groups in total. The molecule has 8 nitrogen and oxygen atoms in total. The van der Waals surface area contributed by atoms with Gasteiger partial charge >= 0.3 is 5.97 Å². The lowest BCUT2D eigenvalue weighted by Gasteiger charge is -2.07. The smallest absolute Gasteiger partial charge is 0.339 e. The molecule has 0 atom stereocenters. The molecule has 0 radical (unpaired) electrons. The first-order chi connectivity index (χ1) is 14.9. The van der Waals surface area contributed by atoms with Crippen molar-refractivity contribution in [2.24, 2.45) is 0 Å². The number of carboxylic acids is 1. The molecule has 11 heteroatoms. The normalized spacial score (nSPS) is 10.8. The van der Waals surface area contributed by atoms with E-state index in [0.29, 0.717) is 5.69 Å². The van der Waals surface area contributed by atoms with Gasteiger partial charge in [0.05, 0.1) is 5.69 Å². The maximum absolute atomic E-state index is 14.4. The topological polar surface area (TPSA) is 110 Å². The Labute approximate surface area is 177 Å². The first-order valence-electron chi connectivity index (χ1n) is 8.83. The molecule has 0 aliphatic heterocycles. The summed E-state index contributed by atoms with van der Waals surface area (Å²) in [6.45, 7) is 1.40. The number of hydrogen-bond donors (Lipinski definition) is 2. The molecule has 2 aromatic heterocycles. The number of aromatic nitrogens is 4. The van der Waals surface area contributed by atoms with Gasteiger partial charge in [0.1, 0.15) is 10.6 Å². The highest BCUT2D eigenvalue weighted by Crippen LogP contribution is 2.37. The van der Waals surface area contributed by atoms with Gasteiger partial charge in [-0.05, 0) is 29.8 Å². The molecule has 0 bridgehead atoms. The predicted molar refractivity (Wildman–Crippen MR) is 108 cm³/mol. The van der Waals surface area contributed by atoms with Crippen LogP contribution in [-0.2, 0) is 0 Å². The van der Waals surface area contributed by atoms with E-state index in [0.717, 1.165) is 16.1 Å². The van der Waals surface area contributed by atoms with Crippen LogP contribution in [0.1, 0.15) is 26.5 Å². The molecular weight excluding hydrogens is 428 g/mol. The van der Waals surface area contributed by atoms with Gasteiger partial charge in [0.25, 0.3) is 11.7 Å². The highest BCUT2D eigenvalue weighted by molar-refractivity contribution is 7.15. The molecule has 0 saturated carbocycles. The Hall–Kier alpha value is -3.99. The highest BCUT2D eigenvalue weighted by Gasteiger charge is 2.25. The van der Waals surface area contributed by atoms with E-state index in [1.807, 2.05) is 0 Å². The summed E-state index contributed by atoms with van der Waals surface area (Å²) >= 11 is 0.860. The van der Waals surface area contributed by atoms with Gasteiger partial charge < -0.3 is 10.4 Å². The number of carbonyl (C=O) groups excluding carboxylic acids is 1. The predicted octanol–water partition coefficient (Wildman–Crippen LogP) is 3.93. The molecule has 0 aliphatic rings. The van der Waals surface area contributed by atoms with Crippen molar-refractivity contribution in [2.75, 3.05) is 5.32 Å². The summed E-state index contributed by atoms with van der Waals surface area (Å²) in [5.41, 5.74) is 0.0384. The van der Waals surface area contributed by atoms with E-state index in [4.69, 9.17) is 0 Å². The summed E-state index contributed by atoms with van der Waals surface area (Å²) in [7, 11) is 0. The van der Waals surface area contributed by atoms with Crippen LogP contribution in [0.4, 0.5) is 13.8 Å². The third-order valence-electron chi connectivity index (χ3n) is 4.40. The number of amides is 1. The average molecular weight is 441 g/mol. The third-order valence-corrected chi connectivity index (χ3v) is 5.30. The van der Waals surface area contributed by atoms with Crippen LogP contribution in [0.25, 0.3) is 16.8 Å². The van der Waals surface area contributed by atoms with E-state index in [2.05, 4.69) is 20.7 Å². The molecule has 0 aliphatic carbocycles. The van der Waals surface area contributed by atoms with Crippen LogP contribution >= 0.6 is 11.3 Å². The summed E-state index contributed by atoms with van der Waals surface area (Å²) in [6.07, 6.45) is 0. The van der Waals surface area contributed by atoms with Crippen LogP contribution < -0.4 is 5.32 Å². The first kappa shape index (κ1) is 20.3. The number of nitrogens with zero attached hydrogens (tertiary/aromatic N) is 4. The fraction of sp³-hybridized carbons (Fsp3) is 0.0500. The number of carbonyl (C=O) groups is 2. The molecule has 156 valence electrons. The van der Waals surface area contributed by atoms with E-state index < -0.39 is 23.5 Å². The van der Waals surface area contributed by atoms with Crippen LogP contribution in [0.5, 0.6) is 0 Å². The fourth-order valence-electron chi connectivity index (χ4n) is 2.85. The zero-order valence-electron chi connectivity index (χ0n) is 15.8. The molecule has 1 amide bonds. The largest absolute Gasteiger partial charge is 0.478 e. The van der Waals surface area contributed by atoms with Crippen LogP contribution in [0.2, 0.25) is 0 Å². The number of benzene rings is 2. The van der Waals surface area contributed by atoms with Gasteiger partial charge in [0.15, 0.2) is 11.6 Å². The average Bonchev–Trinajstić information content (AvgIpc) is 3.40. The third kappa shape index (κ3) is 3.78. The van der Waals surface area contributed by atoms with E-state index in [1.54, 1.807) is 30.3 Å². The number of aryl methyl sites for hydroxylation is 1. The number of halogens is 2. The van der Waals surface area contributed by atoms with Gasteiger partial charge in [-0.15, -0.1) is 26.3 Å².